The van der Waals surface area contributed by atoms with Crippen LogP contribution in [0.4, 0.5) is 10.2 Å². The Bertz CT molecular complexity index is 1780. The molecule has 0 radical (unpaired) electrons. The lowest BCUT2D eigenvalue weighted by atomic mass is 9.91. The predicted molar refractivity (Wildman–Crippen MR) is 165 cm³/mol. The van der Waals surface area contributed by atoms with Gasteiger partial charge in [0.2, 0.25) is 5.91 Å². The molecule has 2 aliphatic heterocycles. The van der Waals surface area contributed by atoms with Gasteiger partial charge in [0.1, 0.15) is 28.7 Å². The molecule has 0 saturated carbocycles. The zero-order chi connectivity index (χ0) is 31.1. The molecular weight excluding hydrogens is 612 g/mol. The Morgan fingerprint density at radius 2 is 1.84 bits per heavy atom. The largest absolute Gasteiger partial charge is 0.467 e. The molecule has 232 valence electrons. The maximum atomic E-state index is 16.4. The molecule has 0 N–H and O–H groups in total. The van der Waals surface area contributed by atoms with E-state index in [4.69, 9.17) is 30.1 Å². The number of ether oxygens (including phenoxy) is 2. The smallest absolute Gasteiger partial charge is 0.340 e. The Morgan fingerprint density at radius 1 is 1.11 bits per heavy atom. The Kier molecular flexibility index (Phi) is 8.47. The second kappa shape index (κ2) is 12.2. The summed E-state index contributed by atoms with van der Waals surface area (Å²) in [6.07, 6.45) is 1.19. The Balaban J connectivity index is 1.36. The molecule has 44 heavy (non-hydrogen) atoms. The topological polar surface area (TPSA) is 116 Å². The quantitative estimate of drug-likeness (QED) is 0.222. The van der Waals surface area contributed by atoms with Crippen molar-refractivity contribution in [3.63, 3.8) is 0 Å². The fourth-order valence-electron chi connectivity index (χ4n) is 5.94. The molecule has 0 bridgehead atoms. The van der Waals surface area contributed by atoms with Gasteiger partial charge in [0.15, 0.2) is 5.82 Å². The van der Waals surface area contributed by atoms with Gasteiger partial charge in [-0.3, -0.25) is 14.3 Å². The van der Waals surface area contributed by atoms with Gasteiger partial charge in [0, 0.05) is 41.8 Å². The summed E-state index contributed by atoms with van der Waals surface area (Å²) in [5.74, 6) is -0.544. The molecular formula is C30H32ClFN5O6P. The van der Waals surface area contributed by atoms with Crippen LogP contribution in [0.15, 0.2) is 42.6 Å². The van der Waals surface area contributed by atoms with E-state index in [-0.39, 0.29) is 62.3 Å². The van der Waals surface area contributed by atoms with Crippen LogP contribution in [0, 0.1) is 5.82 Å². The van der Waals surface area contributed by atoms with E-state index >= 15 is 4.39 Å². The van der Waals surface area contributed by atoms with Gasteiger partial charge in [-0.05, 0) is 25.3 Å². The first kappa shape index (κ1) is 30.6. The normalized spacial score (nSPS) is 16.5. The van der Waals surface area contributed by atoms with Crippen molar-refractivity contribution >= 4 is 52.6 Å². The Labute approximate surface area is 258 Å². The minimum Gasteiger partial charge on any atom is -0.467 e. The fraction of sp³-hybridized carbons (Fsp3) is 0.400. The summed E-state index contributed by atoms with van der Waals surface area (Å²) in [6, 6.07) is 11.0. The fourth-order valence-corrected chi connectivity index (χ4v) is 7.77. The number of fused-ring (bicyclic) bond motifs is 2. The zero-order valence-electron chi connectivity index (χ0n) is 24.6. The van der Waals surface area contributed by atoms with Crippen LogP contribution in [-0.4, -0.2) is 90.6 Å². The van der Waals surface area contributed by atoms with Crippen LogP contribution in [0.2, 0.25) is 5.02 Å². The monoisotopic (exact) mass is 643 g/mol. The molecule has 1 amide bonds. The predicted octanol–water partition coefficient (Wildman–Crippen LogP) is 5.33. The summed E-state index contributed by atoms with van der Waals surface area (Å²) in [6.45, 7) is 5.27. The molecule has 6 rings (SSSR count). The van der Waals surface area contributed by atoms with Crippen molar-refractivity contribution in [1.29, 1.82) is 0 Å². The summed E-state index contributed by atoms with van der Waals surface area (Å²) in [4.78, 5) is 30.6. The van der Waals surface area contributed by atoms with Crippen molar-refractivity contribution < 1.29 is 32.3 Å². The summed E-state index contributed by atoms with van der Waals surface area (Å²) in [7, 11) is -2.18. The second-order valence-corrected chi connectivity index (χ2v) is 13.1. The van der Waals surface area contributed by atoms with Crippen molar-refractivity contribution in [3.05, 3.63) is 53.4 Å². The number of carbonyl (C=O) groups excluding carboxylic acids is 1. The minimum atomic E-state index is -3.60. The van der Waals surface area contributed by atoms with Gasteiger partial charge >= 0.3 is 13.6 Å². The third-order valence-electron chi connectivity index (χ3n) is 7.91. The number of pyridine rings is 1. The van der Waals surface area contributed by atoms with E-state index in [0.29, 0.717) is 40.3 Å². The maximum Gasteiger partial charge on any atom is 0.340 e. The molecule has 2 aromatic carbocycles. The average Bonchev–Trinajstić information content (AvgIpc) is 3.00. The lowest BCUT2D eigenvalue weighted by Crippen LogP contribution is -2.73. The maximum absolute atomic E-state index is 16.4. The number of amides is 1. The highest BCUT2D eigenvalue weighted by atomic mass is 35.5. The molecule has 2 aromatic heterocycles. The number of halogens is 2. The first-order valence-electron chi connectivity index (χ1n) is 14.3. The van der Waals surface area contributed by atoms with Gasteiger partial charge in [0.05, 0.1) is 38.9 Å². The number of anilines is 1. The molecule has 4 aromatic rings. The standard InChI is InChI=1S/C30H32ClFN5O6P/c1-4-42-44(39,43-5-2)15-23(38)37-13-12-36(16-30(37)17-41-18-30)28-21-14-33-26(25(32)27(21)34-29(35-28)40-3)20-10-6-8-19-9-7-11-22(31)24(19)20/h6-11,14H,4-5,12-13,15-18H2,1-3H3. The summed E-state index contributed by atoms with van der Waals surface area (Å²) >= 11 is 6.53. The third kappa shape index (κ3) is 5.39. The van der Waals surface area contributed by atoms with Crippen LogP contribution in [-0.2, 0) is 23.1 Å². The van der Waals surface area contributed by atoms with Crippen LogP contribution >= 0.6 is 19.2 Å². The lowest BCUT2D eigenvalue weighted by molar-refractivity contribution is -0.167. The zero-order valence-corrected chi connectivity index (χ0v) is 26.2. The van der Waals surface area contributed by atoms with E-state index in [1.807, 2.05) is 29.2 Å². The van der Waals surface area contributed by atoms with E-state index in [9.17, 15) is 9.36 Å². The average molecular weight is 644 g/mol. The molecule has 0 atom stereocenters. The number of methoxy groups -OCH3 is 1. The number of aromatic nitrogens is 3. The highest BCUT2D eigenvalue weighted by molar-refractivity contribution is 7.54. The summed E-state index contributed by atoms with van der Waals surface area (Å²) in [5, 5.41) is 2.43. The molecule has 2 fully saturated rings. The van der Waals surface area contributed by atoms with Crippen molar-refractivity contribution in [2.75, 3.05) is 64.2 Å². The lowest BCUT2D eigenvalue weighted by Gasteiger charge is -2.55. The van der Waals surface area contributed by atoms with E-state index in [1.54, 1.807) is 37.1 Å². The summed E-state index contributed by atoms with van der Waals surface area (Å²) in [5.41, 5.74) is -0.00189. The SMILES string of the molecule is CCOP(=O)(CC(=O)N1CCN(c2nc(OC)nc3c(F)c(-c4cccc5cccc(Cl)c45)ncc23)CC12COC2)OCC. The first-order chi connectivity index (χ1) is 21.2. The van der Waals surface area contributed by atoms with Gasteiger partial charge < -0.3 is 28.3 Å². The Hall–Kier alpha value is -3.41. The van der Waals surface area contributed by atoms with E-state index < -0.39 is 19.0 Å². The number of benzene rings is 2. The molecule has 2 saturated heterocycles. The molecule has 4 heterocycles. The van der Waals surface area contributed by atoms with Crippen molar-refractivity contribution in [2.45, 2.75) is 19.4 Å². The molecule has 0 unspecified atom stereocenters. The molecule has 2 aliphatic rings. The highest BCUT2D eigenvalue weighted by Gasteiger charge is 2.51. The van der Waals surface area contributed by atoms with Crippen LogP contribution in [0.5, 0.6) is 6.01 Å². The van der Waals surface area contributed by atoms with Gasteiger partial charge in [-0.2, -0.15) is 9.97 Å². The molecule has 1 spiro atoms. The highest BCUT2D eigenvalue weighted by Crippen LogP contribution is 2.49. The van der Waals surface area contributed by atoms with Crippen LogP contribution < -0.4 is 9.64 Å². The van der Waals surface area contributed by atoms with Crippen molar-refractivity contribution in [3.8, 4) is 17.3 Å². The van der Waals surface area contributed by atoms with Crippen molar-refractivity contribution in [2.24, 2.45) is 0 Å². The van der Waals surface area contributed by atoms with E-state index in [1.165, 1.54) is 7.11 Å². The van der Waals surface area contributed by atoms with Crippen LogP contribution in [0.1, 0.15) is 13.8 Å². The van der Waals surface area contributed by atoms with Gasteiger partial charge in [0.25, 0.3) is 0 Å². The minimum absolute atomic E-state index is 0.00807. The van der Waals surface area contributed by atoms with Crippen LogP contribution in [0.3, 0.4) is 0 Å². The Morgan fingerprint density at radius 3 is 2.50 bits per heavy atom. The second-order valence-electron chi connectivity index (χ2n) is 10.6. The van der Waals surface area contributed by atoms with Gasteiger partial charge in [-0.25, -0.2) is 4.39 Å². The first-order valence-corrected chi connectivity index (χ1v) is 16.4. The number of hydrogen-bond acceptors (Lipinski definition) is 10. The van der Waals surface area contributed by atoms with Crippen LogP contribution in [0.25, 0.3) is 32.9 Å². The van der Waals surface area contributed by atoms with Gasteiger partial charge in [-0.1, -0.05) is 41.9 Å². The number of piperazine rings is 1. The number of hydrogen-bond donors (Lipinski definition) is 0. The number of nitrogens with zero attached hydrogens (tertiary/aromatic N) is 5. The van der Waals surface area contributed by atoms with Gasteiger partial charge in [-0.15, -0.1) is 0 Å². The third-order valence-corrected chi connectivity index (χ3v) is 10.2. The molecule has 0 aliphatic carbocycles. The van der Waals surface area contributed by atoms with E-state index in [0.717, 1.165) is 5.39 Å². The van der Waals surface area contributed by atoms with Crippen molar-refractivity contribution in [1.82, 2.24) is 19.9 Å². The molecule has 11 nitrogen and oxygen atoms in total. The molecule has 14 heteroatoms. The number of rotatable bonds is 9. The van der Waals surface area contributed by atoms with E-state index in [2.05, 4.69) is 15.0 Å². The summed E-state index contributed by atoms with van der Waals surface area (Å²) < 4.78 is 51.2. The number of carbonyl (C=O) groups is 1.